The molecule has 1 amide bonds. The Hall–Kier alpha value is -3.44. The second-order valence-electron chi connectivity index (χ2n) is 6.77. The SMILES string of the molecule is COC(=O)c1nc(-c2cccc(C#CC3(O)CCCN(C)C3=O)c2)c(F)cc1N. The number of nitrogens with two attached hydrogens (primary N) is 1. The van der Waals surface area contributed by atoms with Crippen molar-refractivity contribution >= 4 is 17.6 Å². The Morgan fingerprint density at radius 2 is 2.17 bits per heavy atom. The smallest absolute Gasteiger partial charge is 0.358 e. The van der Waals surface area contributed by atoms with Crippen molar-refractivity contribution < 1.29 is 23.8 Å². The van der Waals surface area contributed by atoms with Gasteiger partial charge in [-0.25, -0.2) is 14.2 Å². The summed E-state index contributed by atoms with van der Waals surface area (Å²) in [5, 5.41) is 10.6. The lowest BCUT2D eigenvalue weighted by molar-refractivity contribution is -0.148. The first kappa shape index (κ1) is 20.3. The predicted octanol–water partition coefficient (Wildman–Crippen LogP) is 1.59. The largest absolute Gasteiger partial charge is 0.464 e. The van der Waals surface area contributed by atoms with Gasteiger partial charge in [-0.2, -0.15) is 0 Å². The molecule has 1 aliphatic heterocycles. The first-order valence-electron chi connectivity index (χ1n) is 8.91. The van der Waals surface area contributed by atoms with Crippen molar-refractivity contribution in [3.63, 3.8) is 0 Å². The Balaban J connectivity index is 1.98. The van der Waals surface area contributed by atoms with E-state index in [1.54, 1.807) is 31.3 Å². The van der Waals surface area contributed by atoms with Gasteiger partial charge < -0.3 is 20.5 Å². The number of methoxy groups -OCH3 is 1. The van der Waals surface area contributed by atoms with Gasteiger partial charge in [-0.3, -0.25) is 4.79 Å². The van der Waals surface area contributed by atoms with Gasteiger partial charge in [0.15, 0.2) is 11.5 Å². The minimum atomic E-state index is -1.74. The molecule has 0 saturated carbocycles. The molecule has 1 aliphatic rings. The van der Waals surface area contributed by atoms with Gasteiger partial charge in [0.1, 0.15) is 5.69 Å². The zero-order valence-electron chi connectivity index (χ0n) is 16.0. The summed E-state index contributed by atoms with van der Waals surface area (Å²) in [6.07, 6.45) is 0.893. The maximum Gasteiger partial charge on any atom is 0.358 e. The van der Waals surface area contributed by atoms with Crippen LogP contribution < -0.4 is 5.73 Å². The van der Waals surface area contributed by atoms with E-state index in [1.165, 1.54) is 12.0 Å². The molecule has 0 spiro atoms. The maximum atomic E-state index is 14.4. The number of hydrogen-bond acceptors (Lipinski definition) is 6. The molecule has 150 valence electrons. The minimum absolute atomic E-state index is 0.0876. The Morgan fingerprint density at radius 3 is 2.90 bits per heavy atom. The summed E-state index contributed by atoms with van der Waals surface area (Å²) in [5.41, 5.74) is 4.32. The highest BCUT2D eigenvalue weighted by Crippen LogP contribution is 2.26. The maximum absolute atomic E-state index is 14.4. The lowest BCUT2D eigenvalue weighted by Gasteiger charge is -2.32. The van der Waals surface area contributed by atoms with E-state index in [4.69, 9.17) is 5.73 Å². The Bertz CT molecular complexity index is 1040. The molecule has 29 heavy (non-hydrogen) atoms. The third-order valence-corrected chi connectivity index (χ3v) is 4.67. The number of aromatic nitrogens is 1. The summed E-state index contributed by atoms with van der Waals surface area (Å²) in [7, 11) is 2.79. The molecule has 1 aromatic carbocycles. The number of anilines is 1. The summed E-state index contributed by atoms with van der Waals surface area (Å²) in [6, 6.07) is 7.45. The summed E-state index contributed by atoms with van der Waals surface area (Å²) in [6.45, 7) is 0.572. The van der Waals surface area contributed by atoms with Crippen LogP contribution in [0, 0.1) is 17.7 Å². The average molecular weight is 397 g/mol. The molecule has 0 radical (unpaired) electrons. The van der Waals surface area contributed by atoms with Gasteiger partial charge in [-0.1, -0.05) is 24.0 Å². The van der Waals surface area contributed by atoms with E-state index in [9.17, 15) is 19.1 Å². The number of nitrogen functional groups attached to an aromatic ring is 1. The van der Waals surface area contributed by atoms with Crippen LogP contribution in [0.3, 0.4) is 0 Å². The van der Waals surface area contributed by atoms with Gasteiger partial charge in [0.2, 0.25) is 5.60 Å². The first-order chi connectivity index (χ1) is 13.7. The molecule has 3 rings (SSSR count). The second kappa shape index (κ2) is 7.89. The Labute approximate surface area is 167 Å². The number of rotatable bonds is 2. The number of likely N-dealkylation sites (N-methyl/N-ethyl adjacent to an activating group) is 1. The van der Waals surface area contributed by atoms with E-state index in [2.05, 4.69) is 21.6 Å². The fraction of sp³-hybridized carbons (Fsp3) is 0.286. The number of halogens is 1. The number of aliphatic hydroxyl groups is 1. The second-order valence-corrected chi connectivity index (χ2v) is 6.77. The van der Waals surface area contributed by atoms with Crippen LogP contribution in [0.5, 0.6) is 0 Å². The highest BCUT2D eigenvalue weighted by molar-refractivity contribution is 5.93. The quantitative estimate of drug-likeness (QED) is 0.589. The average Bonchev–Trinajstić information content (AvgIpc) is 2.70. The lowest BCUT2D eigenvalue weighted by Crippen LogP contribution is -2.51. The van der Waals surface area contributed by atoms with E-state index in [0.29, 0.717) is 24.1 Å². The molecule has 0 bridgehead atoms. The minimum Gasteiger partial charge on any atom is -0.464 e. The van der Waals surface area contributed by atoms with E-state index in [0.717, 1.165) is 6.07 Å². The third-order valence-electron chi connectivity index (χ3n) is 4.67. The molecule has 2 heterocycles. The van der Waals surface area contributed by atoms with Crippen molar-refractivity contribution in [1.82, 2.24) is 9.88 Å². The van der Waals surface area contributed by atoms with Crippen LogP contribution >= 0.6 is 0 Å². The number of likely N-dealkylation sites (tertiary alicyclic amines) is 1. The van der Waals surface area contributed by atoms with Gasteiger partial charge in [-0.15, -0.1) is 0 Å². The zero-order chi connectivity index (χ0) is 21.2. The van der Waals surface area contributed by atoms with Gasteiger partial charge in [-0.05, 0) is 25.0 Å². The molecule has 1 aromatic heterocycles. The normalized spacial score (nSPS) is 18.8. The highest BCUT2D eigenvalue weighted by Gasteiger charge is 2.39. The molecular weight excluding hydrogens is 377 g/mol. The summed E-state index contributed by atoms with van der Waals surface area (Å²) in [4.78, 5) is 29.5. The number of carbonyl (C=O) groups is 2. The van der Waals surface area contributed by atoms with E-state index in [-0.39, 0.29) is 23.5 Å². The molecule has 0 aliphatic carbocycles. The summed E-state index contributed by atoms with van der Waals surface area (Å²) >= 11 is 0. The number of benzene rings is 1. The van der Waals surface area contributed by atoms with Crippen molar-refractivity contribution in [3.8, 4) is 23.1 Å². The third kappa shape index (κ3) is 4.05. The van der Waals surface area contributed by atoms with Crippen molar-refractivity contribution in [2.75, 3.05) is 26.4 Å². The van der Waals surface area contributed by atoms with Crippen LogP contribution in [0.4, 0.5) is 10.1 Å². The number of nitrogens with zero attached hydrogens (tertiary/aromatic N) is 2. The number of ether oxygens (including phenoxy) is 1. The van der Waals surface area contributed by atoms with Crippen LogP contribution in [0.1, 0.15) is 28.9 Å². The Morgan fingerprint density at radius 1 is 1.41 bits per heavy atom. The van der Waals surface area contributed by atoms with Crippen molar-refractivity contribution in [3.05, 3.63) is 47.4 Å². The predicted molar refractivity (Wildman–Crippen MR) is 104 cm³/mol. The Kier molecular flexibility index (Phi) is 5.52. The molecule has 3 N–H and O–H groups in total. The van der Waals surface area contributed by atoms with Gasteiger partial charge in [0, 0.05) is 30.8 Å². The van der Waals surface area contributed by atoms with Crippen LogP contribution in [0.15, 0.2) is 30.3 Å². The van der Waals surface area contributed by atoms with Crippen molar-refractivity contribution in [1.29, 1.82) is 0 Å². The standard InChI is InChI=1S/C21H20FN3O4/c1-25-10-4-8-21(28,20(25)27)9-7-13-5-3-6-14(11-13)17-15(22)12-16(23)18(24-17)19(26)29-2/h3,5-6,11-12,28H,4,8,10,23H2,1-2H3. The van der Waals surface area contributed by atoms with Crippen LogP contribution in [-0.2, 0) is 9.53 Å². The van der Waals surface area contributed by atoms with Crippen molar-refractivity contribution in [2.24, 2.45) is 0 Å². The van der Waals surface area contributed by atoms with E-state index in [1.807, 2.05) is 0 Å². The molecule has 2 aromatic rings. The first-order valence-corrected chi connectivity index (χ1v) is 8.91. The van der Waals surface area contributed by atoms with Crippen LogP contribution in [-0.4, -0.2) is 53.2 Å². The molecular formula is C21H20FN3O4. The monoisotopic (exact) mass is 397 g/mol. The molecule has 1 atom stereocenters. The fourth-order valence-corrected chi connectivity index (χ4v) is 3.10. The number of carbonyl (C=O) groups excluding carboxylic acids is 2. The summed E-state index contributed by atoms with van der Waals surface area (Å²) < 4.78 is 19.0. The van der Waals surface area contributed by atoms with E-state index < -0.39 is 23.3 Å². The number of pyridine rings is 1. The van der Waals surface area contributed by atoms with Gasteiger partial charge in [0.05, 0.1) is 12.8 Å². The van der Waals surface area contributed by atoms with Gasteiger partial charge in [0.25, 0.3) is 5.91 Å². The molecule has 1 saturated heterocycles. The fourth-order valence-electron chi connectivity index (χ4n) is 3.10. The molecule has 7 nitrogen and oxygen atoms in total. The van der Waals surface area contributed by atoms with Crippen LogP contribution in [0.25, 0.3) is 11.3 Å². The summed E-state index contributed by atoms with van der Waals surface area (Å²) in [5.74, 6) is 3.50. The number of piperidine rings is 1. The van der Waals surface area contributed by atoms with Gasteiger partial charge >= 0.3 is 5.97 Å². The zero-order valence-corrected chi connectivity index (χ0v) is 16.0. The topological polar surface area (TPSA) is 106 Å². The number of amides is 1. The molecule has 8 heteroatoms. The highest BCUT2D eigenvalue weighted by atomic mass is 19.1. The molecule has 1 fully saturated rings. The van der Waals surface area contributed by atoms with E-state index >= 15 is 0 Å². The lowest BCUT2D eigenvalue weighted by atomic mass is 9.92. The molecule has 1 unspecified atom stereocenters. The number of esters is 1. The number of hydrogen-bond donors (Lipinski definition) is 2. The van der Waals surface area contributed by atoms with Crippen LogP contribution in [0.2, 0.25) is 0 Å². The van der Waals surface area contributed by atoms with Crippen molar-refractivity contribution in [2.45, 2.75) is 18.4 Å².